The lowest BCUT2D eigenvalue weighted by atomic mass is 9.74. The molecule has 3 rings (SSSR count). The lowest BCUT2D eigenvalue weighted by Gasteiger charge is -2.37. The summed E-state index contributed by atoms with van der Waals surface area (Å²) in [5.74, 6) is 5.47. The van der Waals surface area contributed by atoms with Crippen LogP contribution in [0.4, 0.5) is 18.9 Å². The van der Waals surface area contributed by atoms with Gasteiger partial charge >= 0.3 is 6.18 Å². The first-order valence-electron chi connectivity index (χ1n) is 6.56. The standard InChI is InChI=1S/C15H13ClF3N/c16-11-3-4-13-12(9-11)14(7-8-20-13,15(17,18)19)6-5-10-1-2-10/h3-4,9-10,20H,1-2,7-8H2/t14-/m0/s1. The van der Waals surface area contributed by atoms with Gasteiger partial charge in [-0.1, -0.05) is 23.4 Å². The van der Waals surface area contributed by atoms with Crippen LogP contribution in [0, 0.1) is 17.8 Å². The van der Waals surface area contributed by atoms with E-state index in [0.29, 0.717) is 10.7 Å². The number of hydrogen-bond donors (Lipinski definition) is 1. The van der Waals surface area contributed by atoms with Crippen molar-refractivity contribution >= 4 is 17.3 Å². The Kier molecular flexibility index (Phi) is 3.13. The quantitative estimate of drug-likeness (QED) is 0.702. The van der Waals surface area contributed by atoms with Crippen molar-refractivity contribution in [3.63, 3.8) is 0 Å². The first-order valence-corrected chi connectivity index (χ1v) is 6.93. The molecule has 0 spiro atoms. The first kappa shape index (κ1) is 13.6. The molecule has 1 saturated carbocycles. The van der Waals surface area contributed by atoms with Gasteiger partial charge in [-0.2, -0.15) is 13.2 Å². The van der Waals surface area contributed by atoms with Crippen molar-refractivity contribution in [3.8, 4) is 11.8 Å². The van der Waals surface area contributed by atoms with Crippen LogP contribution in [0.2, 0.25) is 5.02 Å². The van der Waals surface area contributed by atoms with Crippen molar-refractivity contribution in [1.29, 1.82) is 0 Å². The van der Waals surface area contributed by atoms with Gasteiger partial charge in [0.1, 0.15) is 0 Å². The number of anilines is 1. The summed E-state index contributed by atoms with van der Waals surface area (Å²) in [5.41, 5.74) is -1.47. The molecule has 0 aromatic heterocycles. The van der Waals surface area contributed by atoms with Crippen LogP contribution in [0.1, 0.15) is 24.8 Å². The van der Waals surface area contributed by atoms with Gasteiger partial charge in [0.2, 0.25) is 0 Å². The van der Waals surface area contributed by atoms with E-state index in [1.54, 1.807) is 12.1 Å². The molecule has 1 N–H and O–H groups in total. The zero-order valence-corrected chi connectivity index (χ0v) is 11.4. The van der Waals surface area contributed by atoms with Gasteiger partial charge in [0.15, 0.2) is 5.41 Å². The molecule has 1 aliphatic heterocycles. The van der Waals surface area contributed by atoms with Gasteiger partial charge in [-0.25, -0.2) is 0 Å². The lowest BCUT2D eigenvalue weighted by molar-refractivity contribution is -0.174. The molecular weight excluding hydrogens is 287 g/mol. The molecule has 0 unspecified atom stereocenters. The smallest absolute Gasteiger partial charge is 0.385 e. The van der Waals surface area contributed by atoms with Crippen LogP contribution < -0.4 is 5.32 Å². The SMILES string of the molecule is FC(F)(F)[C@@]1(C#CC2CC2)CCNc2ccc(Cl)cc21. The molecule has 1 nitrogen and oxygen atoms in total. The molecule has 20 heavy (non-hydrogen) atoms. The molecule has 1 fully saturated rings. The molecule has 5 heteroatoms. The van der Waals surface area contributed by atoms with Gasteiger partial charge in [-0.15, -0.1) is 0 Å². The van der Waals surface area contributed by atoms with Crippen LogP contribution in [0.25, 0.3) is 0 Å². The highest BCUT2D eigenvalue weighted by molar-refractivity contribution is 6.30. The first-order chi connectivity index (χ1) is 9.42. The van der Waals surface area contributed by atoms with E-state index in [0.717, 1.165) is 12.8 Å². The predicted octanol–water partition coefficient (Wildman–Crippen LogP) is 4.37. The van der Waals surface area contributed by atoms with Crippen LogP contribution in [0.5, 0.6) is 0 Å². The Balaban J connectivity index is 2.16. The van der Waals surface area contributed by atoms with E-state index in [2.05, 4.69) is 17.2 Å². The predicted molar refractivity (Wildman–Crippen MR) is 72.8 cm³/mol. The number of alkyl halides is 3. The summed E-state index contributed by atoms with van der Waals surface area (Å²) in [4.78, 5) is 0. The fraction of sp³-hybridized carbons (Fsp3) is 0.467. The molecule has 1 heterocycles. The van der Waals surface area contributed by atoms with Gasteiger partial charge in [-0.05, 0) is 37.5 Å². The van der Waals surface area contributed by atoms with Crippen molar-refractivity contribution < 1.29 is 13.2 Å². The molecule has 1 aromatic rings. The molecule has 0 radical (unpaired) electrons. The molecular formula is C15H13ClF3N. The van der Waals surface area contributed by atoms with Crippen LogP contribution in [-0.4, -0.2) is 12.7 Å². The Labute approximate surface area is 120 Å². The van der Waals surface area contributed by atoms with Crippen LogP contribution in [0.15, 0.2) is 18.2 Å². The van der Waals surface area contributed by atoms with E-state index in [1.165, 1.54) is 6.07 Å². The Morgan fingerprint density at radius 3 is 2.70 bits per heavy atom. The monoisotopic (exact) mass is 299 g/mol. The van der Waals surface area contributed by atoms with Crippen molar-refractivity contribution in [2.24, 2.45) is 5.92 Å². The van der Waals surface area contributed by atoms with Crippen molar-refractivity contribution in [1.82, 2.24) is 0 Å². The van der Waals surface area contributed by atoms with Gasteiger partial charge < -0.3 is 5.32 Å². The largest absolute Gasteiger partial charge is 0.409 e. The Hall–Kier alpha value is -1.34. The summed E-state index contributed by atoms with van der Waals surface area (Å²) in [6.45, 7) is 0.257. The number of hydrogen-bond acceptors (Lipinski definition) is 1. The zero-order chi connectivity index (χ0) is 14.4. The fourth-order valence-corrected chi connectivity index (χ4v) is 2.66. The summed E-state index contributed by atoms with van der Waals surface area (Å²) in [7, 11) is 0. The summed E-state index contributed by atoms with van der Waals surface area (Å²) in [6, 6.07) is 4.57. The topological polar surface area (TPSA) is 12.0 Å². The lowest BCUT2D eigenvalue weighted by Crippen LogP contribution is -2.45. The summed E-state index contributed by atoms with van der Waals surface area (Å²) in [5, 5.41) is 3.29. The minimum atomic E-state index is -4.41. The van der Waals surface area contributed by atoms with E-state index >= 15 is 0 Å². The molecule has 1 aliphatic carbocycles. The highest BCUT2D eigenvalue weighted by Gasteiger charge is 2.57. The summed E-state index contributed by atoms with van der Waals surface area (Å²) < 4.78 is 41.1. The van der Waals surface area contributed by atoms with Gasteiger partial charge in [0.25, 0.3) is 0 Å². The summed E-state index contributed by atoms with van der Waals surface area (Å²) in [6.07, 6.45) is -2.68. The average molecular weight is 300 g/mol. The van der Waals surface area contributed by atoms with Crippen molar-refractivity contribution in [3.05, 3.63) is 28.8 Å². The van der Waals surface area contributed by atoms with E-state index < -0.39 is 11.6 Å². The highest BCUT2D eigenvalue weighted by atomic mass is 35.5. The number of nitrogens with one attached hydrogen (secondary N) is 1. The average Bonchev–Trinajstić information content (AvgIpc) is 3.19. The second-order valence-electron chi connectivity index (χ2n) is 5.31. The van der Waals surface area contributed by atoms with Gasteiger partial charge in [-0.3, -0.25) is 0 Å². The molecule has 1 aromatic carbocycles. The maximum absolute atomic E-state index is 13.7. The number of rotatable bonds is 0. The highest BCUT2D eigenvalue weighted by Crippen LogP contribution is 2.49. The van der Waals surface area contributed by atoms with E-state index in [4.69, 9.17) is 11.6 Å². The maximum Gasteiger partial charge on any atom is 0.409 e. The van der Waals surface area contributed by atoms with Crippen LogP contribution in [0.3, 0.4) is 0 Å². The zero-order valence-electron chi connectivity index (χ0n) is 10.6. The van der Waals surface area contributed by atoms with Gasteiger partial charge in [0, 0.05) is 28.7 Å². The maximum atomic E-state index is 13.7. The second kappa shape index (κ2) is 4.60. The molecule has 106 valence electrons. The minimum absolute atomic E-state index is 0.0798. The van der Waals surface area contributed by atoms with Crippen LogP contribution >= 0.6 is 11.6 Å². The third-order valence-electron chi connectivity index (χ3n) is 3.81. The molecule has 1 atom stereocenters. The van der Waals surface area contributed by atoms with Crippen LogP contribution in [-0.2, 0) is 5.41 Å². The van der Waals surface area contributed by atoms with Crippen molar-refractivity contribution in [2.45, 2.75) is 30.9 Å². The Bertz CT molecular complexity index is 595. The number of halogens is 4. The fourth-order valence-electron chi connectivity index (χ4n) is 2.49. The van der Waals surface area contributed by atoms with E-state index in [9.17, 15) is 13.2 Å². The molecule has 2 aliphatic rings. The third kappa shape index (κ3) is 2.25. The number of fused-ring (bicyclic) bond motifs is 1. The van der Waals surface area contributed by atoms with Crippen molar-refractivity contribution in [2.75, 3.05) is 11.9 Å². The normalized spacial score (nSPS) is 25.2. The van der Waals surface area contributed by atoms with E-state index in [-0.39, 0.29) is 24.4 Å². The third-order valence-corrected chi connectivity index (χ3v) is 4.04. The van der Waals surface area contributed by atoms with E-state index in [1.807, 2.05) is 0 Å². The molecule has 0 amide bonds. The second-order valence-corrected chi connectivity index (χ2v) is 5.75. The molecule has 0 saturated heterocycles. The Morgan fingerprint density at radius 1 is 1.30 bits per heavy atom. The Morgan fingerprint density at radius 2 is 2.05 bits per heavy atom. The summed E-state index contributed by atoms with van der Waals surface area (Å²) >= 11 is 5.89. The number of benzene rings is 1. The minimum Gasteiger partial charge on any atom is -0.385 e. The molecule has 0 bridgehead atoms. The van der Waals surface area contributed by atoms with Gasteiger partial charge in [0.05, 0.1) is 0 Å².